The fraction of sp³-hybridized carbons (Fsp3) is 0.500. The predicted octanol–water partition coefficient (Wildman–Crippen LogP) is 6.72. The predicted molar refractivity (Wildman–Crippen MR) is 129 cm³/mol. The van der Waals surface area contributed by atoms with E-state index in [9.17, 15) is 18.0 Å². The zero-order chi connectivity index (χ0) is 25.5. The average molecular weight is 488 g/mol. The molecule has 4 nitrogen and oxygen atoms in total. The molecule has 1 heterocycles. The molecule has 0 N–H and O–H groups in total. The Labute approximate surface area is 204 Å². The molecule has 0 bridgehead atoms. The summed E-state index contributed by atoms with van der Waals surface area (Å²) in [5.74, 6) is 1.59. The number of rotatable bonds is 5. The molecular weight excluding hydrogens is 453 g/mol. The quantitative estimate of drug-likeness (QED) is 0.296. The third-order valence-electron chi connectivity index (χ3n) is 7.48. The number of carbonyl (C=O) groups excluding carboxylic acids is 1. The highest BCUT2D eigenvalue weighted by molar-refractivity contribution is 5.82. The summed E-state index contributed by atoms with van der Waals surface area (Å²) in [4.78, 5) is 13.5. The summed E-state index contributed by atoms with van der Waals surface area (Å²) in [6, 6.07) is 12.1. The molecule has 35 heavy (non-hydrogen) atoms. The first-order chi connectivity index (χ1) is 16.5. The van der Waals surface area contributed by atoms with Crippen molar-refractivity contribution in [2.45, 2.75) is 65.3 Å². The Morgan fingerprint density at radius 1 is 1.06 bits per heavy atom. The Balaban J connectivity index is 1.73. The number of nitrogens with zero attached hydrogens (tertiary/aromatic N) is 2. The molecule has 188 valence electrons. The molecule has 0 radical (unpaired) electrons. The minimum absolute atomic E-state index is 0.126. The van der Waals surface area contributed by atoms with E-state index in [-0.39, 0.29) is 12.1 Å². The number of para-hydroxylation sites is 2. The molecule has 4 rings (SSSR count). The number of esters is 1. The highest BCUT2D eigenvalue weighted by Gasteiger charge is 2.38. The Bertz CT molecular complexity index is 1200. The van der Waals surface area contributed by atoms with Gasteiger partial charge in [0.15, 0.2) is 17.1 Å². The molecule has 1 saturated carbocycles. The van der Waals surface area contributed by atoms with Gasteiger partial charge in [0.2, 0.25) is 0 Å². The molecule has 1 fully saturated rings. The van der Waals surface area contributed by atoms with Gasteiger partial charge in [-0.15, -0.1) is 0 Å². The SMILES string of the molecule is CC(C)[C@@H]1CC[C@@H](C)C[C@H]1OC(=O)[C@@H](C)n1c(-c2ccc(C(F)(F)F)cc2)[n+](C)c2ccccc21. The van der Waals surface area contributed by atoms with Crippen molar-refractivity contribution in [2.75, 3.05) is 0 Å². The molecule has 4 atom stereocenters. The largest absolute Gasteiger partial charge is 0.459 e. The van der Waals surface area contributed by atoms with Crippen molar-refractivity contribution < 1.29 is 27.3 Å². The lowest BCUT2D eigenvalue weighted by molar-refractivity contribution is -0.634. The molecule has 3 aromatic rings. The molecule has 0 unspecified atom stereocenters. The first kappa shape index (κ1) is 25.3. The third kappa shape index (κ3) is 4.95. The second-order valence-corrected chi connectivity index (χ2v) is 10.3. The third-order valence-corrected chi connectivity index (χ3v) is 7.48. The van der Waals surface area contributed by atoms with E-state index in [4.69, 9.17) is 4.74 Å². The van der Waals surface area contributed by atoms with Gasteiger partial charge < -0.3 is 4.74 Å². The second kappa shape index (κ2) is 9.67. The van der Waals surface area contributed by atoms with Gasteiger partial charge in [-0.25, -0.2) is 13.9 Å². The summed E-state index contributed by atoms with van der Waals surface area (Å²) in [7, 11) is 1.86. The molecule has 0 saturated heterocycles. The summed E-state index contributed by atoms with van der Waals surface area (Å²) >= 11 is 0. The van der Waals surface area contributed by atoms with Gasteiger partial charge in [-0.1, -0.05) is 39.3 Å². The smallest absolute Gasteiger partial charge is 0.416 e. The Morgan fingerprint density at radius 2 is 1.71 bits per heavy atom. The van der Waals surface area contributed by atoms with Crippen LogP contribution in [0, 0.1) is 17.8 Å². The van der Waals surface area contributed by atoms with Gasteiger partial charge in [-0.3, -0.25) is 0 Å². The van der Waals surface area contributed by atoms with E-state index < -0.39 is 17.8 Å². The first-order valence-electron chi connectivity index (χ1n) is 12.4. The van der Waals surface area contributed by atoms with Crippen molar-refractivity contribution in [3.8, 4) is 11.4 Å². The maximum absolute atomic E-state index is 13.5. The Kier molecular flexibility index (Phi) is 6.98. The van der Waals surface area contributed by atoms with Gasteiger partial charge in [0.25, 0.3) is 5.82 Å². The highest BCUT2D eigenvalue weighted by Crippen LogP contribution is 2.37. The van der Waals surface area contributed by atoms with E-state index in [0.717, 1.165) is 42.4 Å². The molecule has 2 aromatic carbocycles. The molecule has 0 amide bonds. The molecule has 7 heteroatoms. The van der Waals surface area contributed by atoms with Crippen LogP contribution >= 0.6 is 0 Å². The number of imidazole rings is 1. The summed E-state index contributed by atoms with van der Waals surface area (Å²) in [6.07, 6.45) is -1.49. The minimum Gasteiger partial charge on any atom is -0.459 e. The zero-order valence-corrected chi connectivity index (χ0v) is 21.0. The zero-order valence-electron chi connectivity index (χ0n) is 21.0. The normalized spacial score (nSPS) is 21.9. The van der Waals surface area contributed by atoms with Crippen LogP contribution in [0.4, 0.5) is 13.2 Å². The van der Waals surface area contributed by atoms with Crippen LogP contribution in [0.2, 0.25) is 0 Å². The maximum Gasteiger partial charge on any atom is 0.416 e. The number of hydrogen-bond acceptors (Lipinski definition) is 2. The lowest BCUT2D eigenvalue weighted by Gasteiger charge is -2.37. The molecule has 0 aliphatic heterocycles. The van der Waals surface area contributed by atoms with E-state index >= 15 is 0 Å². The number of halogens is 3. The minimum atomic E-state index is -4.41. The molecule has 1 aromatic heterocycles. The number of benzene rings is 2. The van der Waals surface area contributed by atoms with E-state index in [1.165, 1.54) is 12.1 Å². The van der Waals surface area contributed by atoms with Crippen molar-refractivity contribution in [3.63, 3.8) is 0 Å². The number of ether oxygens (including phenoxy) is 1. The maximum atomic E-state index is 13.5. The molecule has 1 aliphatic carbocycles. The number of alkyl halides is 3. The summed E-state index contributed by atoms with van der Waals surface area (Å²) in [5, 5.41) is 0. The number of hydrogen-bond donors (Lipinski definition) is 0. The fourth-order valence-electron chi connectivity index (χ4n) is 5.48. The topological polar surface area (TPSA) is 35.1 Å². The second-order valence-electron chi connectivity index (χ2n) is 10.3. The summed E-state index contributed by atoms with van der Waals surface area (Å²) in [6.45, 7) is 8.35. The van der Waals surface area contributed by atoms with Crippen LogP contribution in [-0.4, -0.2) is 16.6 Å². The van der Waals surface area contributed by atoms with Crippen LogP contribution in [-0.2, 0) is 22.8 Å². The van der Waals surface area contributed by atoms with Crippen molar-refractivity contribution in [1.82, 2.24) is 4.57 Å². The van der Waals surface area contributed by atoms with Gasteiger partial charge in [-0.2, -0.15) is 13.2 Å². The molecule has 0 spiro atoms. The van der Waals surface area contributed by atoms with E-state index in [1.807, 2.05) is 40.4 Å². The van der Waals surface area contributed by atoms with Gasteiger partial charge in [0, 0.05) is 0 Å². The van der Waals surface area contributed by atoms with Crippen LogP contribution in [0.5, 0.6) is 0 Å². The monoisotopic (exact) mass is 487 g/mol. The van der Waals surface area contributed by atoms with Crippen molar-refractivity contribution in [1.29, 1.82) is 0 Å². The van der Waals surface area contributed by atoms with Gasteiger partial charge in [-0.05, 0) is 73.9 Å². The fourth-order valence-corrected chi connectivity index (χ4v) is 5.48. The number of carbonyl (C=O) groups is 1. The number of aryl methyl sites for hydroxylation is 1. The van der Waals surface area contributed by atoms with E-state index in [1.54, 1.807) is 6.92 Å². The summed E-state index contributed by atoms with van der Waals surface area (Å²) in [5.41, 5.74) is 1.60. The van der Waals surface area contributed by atoms with Gasteiger partial charge in [0.05, 0.1) is 18.2 Å². The number of aromatic nitrogens is 2. The van der Waals surface area contributed by atoms with Gasteiger partial charge in [0.1, 0.15) is 6.10 Å². The summed E-state index contributed by atoms with van der Waals surface area (Å²) < 4.78 is 49.4. The molecule has 1 aliphatic rings. The lowest BCUT2D eigenvalue weighted by atomic mass is 9.75. The van der Waals surface area contributed by atoms with Crippen LogP contribution in [0.25, 0.3) is 22.4 Å². The number of fused-ring (bicyclic) bond motifs is 1. The average Bonchev–Trinajstić information content (AvgIpc) is 3.10. The lowest BCUT2D eigenvalue weighted by Crippen LogP contribution is -2.38. The van der Waals surface area contributed by atoms with Crippen molar-refractivity contribution >= 4 is 17.0 Å². The van der Waals surface area contributed by atoms with Crippen LogP contribution in [0.3, 0.4) is 0 Å². The van der Waals surface area contributed by atoms with Crippen molar-refractivity contribution in [3.05, 3.63) is 54.1 Å². The molecular formula is C28H34F3N2O2+. The van der Waals surface area contributed by atoms with Crippen molar-refractivity contribution in [2.24, 2.45) is 24.8 Å². The first-order valence-corrected chi connectivity index (χ1v) is 12.4. The Hall–Kier alpha value is -2.83. The van der Waals surface area contributed by atoms with Crippen LogP contribution in [0.1, 0.15) is 58.6 Å². The highest BCUT2D eigenvalue weighted by atomic mass is 19.4. The standard InChI is InChI=1S/C28H34F3N2O2/c1-17(2)22-15-10-18(3)16-25(22)35-27(34)19(4)33-24-9-7-6-8-23(24)32(5)26(33)20-11-13-21(14-12-20)28(29,30)31/h6-9,11-14,17-19,22,25H,10,15-16H2,1-5H3/q+1/t18-,19-,22+,25-/m1/s1. The van der Waals surface area contributed by atoms with Gasteiger partial charge >= 0.3 is 12.1 Å². The Morgan fingerprint density at radius 3 is 2.34 bits per heavy atom. The van der Waals surface area contributed by atoms with E-state index in [2.05, 4.69) is 20.8 Å². The van der Waals surface area contributed by atoms with Crippen LogP contribution in [0.15, 0.2) is 48.5 Å². The van der Waals surface area contributed by atoms with Crippen LogP contribution < -0.4 is 4.57 Å². The van der Waals surface area contributed by atoms with E-state index in [0.29, 0.717) is 29.1 Å².